The van der Waals surface area contributed by atoms with Gasteiger partial charge in [-0.15, -0.1) is 0 Å². The molecule has 0 bridgehead atoms. The lowest BCUT2D eigenvalue weighted by molar-refractivity contribution is 0.115. The molecule has 0 aliphatic carbocycles. The molecule has 1 aliphatic heterocycles. The summed E-state index contributed by atoms with van der Waals surface area (Å²) in [5, 5.41) is 10.5. The third-order valence-corrected chi connectivity index (χ3v) is 3.71. The van der Waals surface area contributed by atoms with Crippen LogP contribution in [0.25, 0.3) is 10.9 Å². The summed E-state index contributed by atoms with van der Waals surface area (Å²) in [7, 11) is 0. The van der Waals surface area contributed by atoms with E-state index in [9.17, 15) is 9.50 Å². The van der Waals surface area contributed by atoms with E-state index in [0.29, 0.717) is 19.7 Å². The first kappa shape index (κ1) is 14.2. The van der Waals surface area contributed by atoms with Crippen molar-refractivity contribution < 1.29 is 14.2 Å². The minimum Gasteiger partial charge on any atom is -0.494 e. The summed E-state index contributed by atoms with van der Waals surface area (Å²) in [6.45, 7) is 3.78. The number of halogens is 1. The lowest BCUT2D eigenvalue weighted by Crippen LogP contribution is -2.22. The highest BCUT2D eigenvalue weighted by Crippen LogP contribution is 2.21. The van der Waals surface area contributed by atoms with Crippen molar-refractivity contribution in [3.8, 4) is 5.75 Å². The van der Waals surface area contributed by atoms with Gasteiger partial charge in [-0.25, -0.2) is 4.39 Å². The molecular weight excluding hydrogens is 271 g/mol. The Hall–Kier alpha value is -1.72. The first-order valence-electron chi connectivity index (χ1n) is 7.22. The molecule has 112 valence electrons. The van der Waals surface area contributed by atoms with Crippen LogP contribution < -0.4 is 4.74 Å². The van der Waals surface area contributed by atoms with Crippen molar-refractivity contribution in [1.82, 2.24) is 9.88 Å². The van der Waals surface area contributed by atoms with Crippen LogP contribution in [0.3, 0.4) is 0 Å². The third kappa shape index (κ3) is 3.14. The monoisotopic (exact) mass is 290 g/mol. The number of likely N-dealkylation sites (tertiary alicyclic amines) is 1. The molecule has 0 saturated carbocycles. The van der Waals surface area contributed by atoms with E-state index < -0.39 is 12.3 Å². The van der Waals surface area contributed by atoms with Crippen LogP contribution in [-0.4, -0.2) is 47.0 Å². The standard InChI is InChI=1S/C16H19FN2O2/c1-2-21-13-5-6-15-11(7-13)3-4-12(18-15)8-19-9-14(17)16(20)10-19/h3-7,14,16,20H,2,8-10H2,1H3/t14-,16-/m1/s1. The summed E-state index contributed by atoms with van der Waals surface area (Å²) >= 11 is 0. The minimum absolute atomic E-state index is 0.268. The lowest BCUT2D eigenvalue weighted by atomic mass is 10.2. The molecule has 0 unspecified atom stereocenters. The number of hydrogen-bond acceptors (Lipinski definition) is 4. The van der Waals surface area contributed by atoms with Gasteiger partial charge in [-0.05, 0) is 31.2 Å². The van der Waals surface area contributed by atoms with E-state index in [2.05, 4.69) is 4.98 Å². The zero-order valence-electron chi connectivity index (χ0n) is 12.0. The summed E-state index contributed by atoms with van der Waals surface area (Å²) in [4.78, 5) is 6.48. The van der Waals surface area contributed by atoms with Crippen molar-refractivity contribution in [1.29, 1.82) is 0 Å². The van der Waals surface area contributed by atoms with Crippen molar-refractivity contribution in [2.45, 2.75) is 25.7 Å². The van der Waals surface area contributed by atoms with Gasteiger partial charge < -0.3 is 9.84 Å². The van der Waals surface area contributed by atoms with Gasteiger partial charge in [0, 0.05) is 25.0 Å². The number of ether oxygens (including phenoxy) is 1. The maximum absolute atomic E-state index is 13.3. The molecule has 0 spiro atoms. The van der Waals surface area contributed by atoms with Crippen molar-refractivity contribution in [3.63, 3.8) is 0 Å². The van der Waals surface area contributed by atoms with Crippen molar-refractivity contribution in [2.75, 3.05) is 19.7 Å². The molecule has 5 heteroatoms. The van der Waals surface area contributed by atoms with Gasteiger partial charge in [0.25, 0.3) is 0 Å². The topological polar surface area (TPSA) is 45.6 Å². The van der Waals surface area contributed by atoms with Gasteiger partial charge >= 0.3 is 0 Å². The Morgan fingerprint density at radius 2 is 2.19 bits per heavy atom. The van der Waals surface area contributed by atoms with Gasteiger partial charge in [0.15, 0.2) is 0 Å². The maximum Gasteiger partial charge on any atom is 0.140 e. The van der Waals surface area contributed by atoms with E-state index in [1.807, 2.05) is 42.2 Å². The Bertz CT molecular complexity index is 625. The molecule has 1 fully saturated rings. The second-order valence-electron chi connectivity index (χ2n) is 5.37. The molecule has 2 heterocycles. The van der Waals surface area contributed by atoms with Crippen LogP contribution >= 0.6 is 0 Å². The summed E-state index contributed by atoms with van der Waals surface area (Å²) in [6.07, 6.45) is -2.03. The van der Waals surface area contributed by atoms with Gasteiger partial charge in [-0.3, -0.25) is 9.88 Å². The van der Waals surface area contributed by atoms with Crippen LogP contribution in [0.1, 0.15) is 12.6 Å². The largest absolute Gasteiger partial charge is 0.494 e. The number of hydrogen-bond donors (Lipinski definition) is 1. The summed E-state index contributed by atoms with van der Waals surface area (Å²) in [5.41, 5.74) is 1.78. The second-order valence-corrected chi connectivity index (χ2v) is 5.37. The second kappa shape index (κ2) is 5.95. The van der Waals surface area contributed by atoms with Gasteiger partial charge in [0.2, 0.25) is 0 Å². The Morgan fingerprint density at radius 1 is 1.33 bits per heavy atom. The van der Waals surface area contributed by atoms with Crippen LogP contribution in [0.15, 0.2) is 30.3 Å². The van der Waals surface area contributed by atoms with Crippen molar-refractivity contribution in [3.05, 3.63) is 36.0 Å². The summed E-state index contributed by atoms with van der Waals surface area (Å²) in [5.74, 6) is 0.836. The Kier molecular flexibility index (Phi) is 4.03. The van der Waals surface area contributed by atoms with Gasteiger partial charge in [-0.2, -0.15) is 0 Å². The fraction of sp³-hybridized carbons (Fsp3) is 0.438. The van der Waals surface area contributed by atoms with Crippen LogP contribution in [0, 0.1) is 0 Å². The number of benzene rings is 1. The van der Waals surface area contributed by atoms with Crippen LogP contribution in [0.5, 0.6) is 5.75 Å². The number of pyridine rings is 1. The Morgan fingerprint density at radius 3 is 2.90 bits per heavy atom. The molecule has 2 aromatic rings. The molecule has 4 nitrogen and oxygen atoms in total. The maximum atomic E-state index is 13.3. The number of β-amino-alcohol motifs (C(OH)–C–C–N with tert-alkyl or cyclic N) is 1. The number of fused-ring (bicyclic) bond motifs is 1. The first-order chi connectivity index (χ1) is 10.2. The SMILES string of the molecule is CCOc1ccc2nc(CN3C[C@@H](O)[C@H](F)C3)ccc2c1. The summed E-state index contributed by atoms with van der Waals surface area (Å²) < 4.78 is 18.8. The normalized spacial score (nSPS) is 22.8. The minimum atomic E-state index is -1.15. The van der Waals surface area contributed by atoms with Crippen molar-refractivity contribution in [2.24, 2.45) is 0 Å². The third-order valence-electron chi connectivity index (χ3n) is 3.71. The molecule has 0 amide bonds. The molecule has 2 atom stereocenters. The highest BCUT2D eigenvalue weighted by molar-refractivity contribution is 5.80. The number of nitrogens with zero attached hydrogens (tertiary/aromatic N) is 2. The van der Waals surface area contributed by atoms with E-state index in [4.69, 9.17) is 4.74 Å². The molecule has 1 aromatic heterocycles. The number of aliphatic hydroxyl groups is 1. The fourth-order valence-electron chi connectivity index (χ4n) is 2.67. The molecule has 21 heavy (non-hydrogen) atoms. The number of rotatable bonds is 4. The average Bonchev–Trinajstić information content (AvgIpc) is 2.78. The predicted molar refractivity (Wildman–Crippen MR) is 79.1 cm³/mol. The molecule has 1 aliphatic rings. The zero-order chi connectivity index (χ0) is 14.8. The molecule has 1 aromatic carbocycles. The van der Waals surface area contributed by atoms with Gasteiger partial charge in [-0.1, -0.05) is 6.07 Å². The number of alkyl halides is 1. The quantitative estimate of drug-likeness (QED) is 0.937. The van der Waals surface area contributed by atoms with E-state index in [0.717, 1.165) is 22.3 Å². The van der Waals surface area contributed by atoms with Crippen LogP contribution in [0.2, 0.25) is 0 Å². The summed E-state index contributed by atoms with van der Waals surface area (Å²) in [6, 6.07) is 9.74. The predicted octanol–water partition coefficient (Wildman–Crippen LogP) is 2.15. The van der Waals surface area contributed by atoms with Gasteiger partial charge in [0.1, 0.15) is 11.9 Å². The molecule has 1 N–H and O–H groups in total. The molecule has 0 radical (unpaired) electrons. The van der Waals surface area contributed by atoms with Gasteiger partial charge in [0.05, 0.1) is 23.9 Å². The fourth-order valence-corrected chi connectivity index (χ4v) is 2.67. The number of aromatic nitrogens is 1. The molecule has 3 rings (SSSR count). The van der Waals surface area contributed by atoms with E-state index in [1.54, 1.807) is 0 Å². The highest BCUT2D eigenvalue weighted by Gasteiger charge is 2.31. The Balaban J connectivity index is 1.77. The Labute approximate surface area is 123 Å². The molecule has 1 saturated heterocycles. The number of aliphatic hydroxyl groups excluding tert-OH is 1. The smallest absolute Gasteiger partial charge is 0.140 e. The van der Waals surface area contributed by atoms with E-state index >= 15 is 0 Å². The lowest BCUT2D eigenvalue weighted by Gasteiger charge is -2.14. The average molecular weight is 290 g/mol. The van der Waals surface area contributed by atoms with E-state index in [-0.39, 0.29) is 6.54 Å². The first-order valence-corrected chi connectivity index (χ1v) is 7.22. The van der Waals surface area contributed by atoms with Crippen LogP contribution in [-0.2, 0) is 6.54 Å². The van der Waals surface area contributed by atoms with E-state index in [1.165, 1.54) is 0 Å². The zero-order valence-corrected chi connectivity index (χ0v) is 12.0. The van der Waals surface area contributed by atoms with Crippen LogP contribution in [0.4, 0.5) is 4.39 Å². The molecular formula is C16H19FN2O2. The van der Waals surface area contributed by atoms with Crippen molar-refractivity contribution >= 4 is 10.9 Å². The highest BCUT2D eigenvalue weighted by atomic mass is 19.1.